The smallest absolute Gasteiger partial charge is 0.119 e. The van der Waals surface area contributed by atoms with E-state index in [-0.39, 0.29) is 6.61 Å². The fourth-order valence-corrected chi connectivity index (χ4v) is 0.657. The molecule has 0 saturated heterocycles. The normalized spacial score (nSPS) is 10.5. The Labute approximate surface area is 76.1 Å². The van der Waals surface area contributed by atoms with Crippen LogP contribution in [-0.2, 0) is 4.84 Å². The fourth-order valence-electron chi connectivity index (χ4n) is 0.657. The van der Waals surface area contributed by atoms with E-state index in [0.29, 0.717) is 13.0 Å². The number of hydrogen-bond acceptors (Lipinski definition) is 5. The number of aromatic nitrogens is 2. The van der Waals surface area contributed by atoms with Crippen molar-refractivity contribution in [1.29, 1.82) is 0 Å². The zero-order chi connectivity index (χ0) is 9.36. The molecule has 0 saturated carbocycles. The quantitative estimate of drug-likeness (QED) is 0.400. The van der Waals surface area contributed by atoms with Crippen molar-refractivity contribution in [2.75, 3.05) is 13.2 Å². The number of oxime groups is 1. The summed E-state index contributed by atoms with van der Waals surface area (Å²) < 4.78 is 0. The molecule has 0 bridgehead atoms. The molecule has 1 aromatic heterocycles. The van der Waals surface area contributed by atoms with Gasteiger partial charge in [-0.3, -0.25) is 0 Å². The molecule has 0 spiro atoms. The Morgan fingerprint density at radius 1 is 1.46 bits per heavy atom. The first-order valence-electron chi connectivity index (χ1n) is 3.94. The SMILES string of the molecule is OCCCON=Cc1cncnc1. The zero-order valence-corrected chi connectivity index (χ0v) is 7.13. The van der Waals surface area contributed by atoms with Crippen LogP contribution < -0.4 is 0 Å². The van der Waals surface area contributed by atoms with E-state index in [1.165, 1.54) is 12.5 Å². The molecule has 0 amide bonds. The Morgan fingerprint density at radius 2 is 2.23 bits per heavy atom. The van der Waals surface area contributed by atoms with Gasteiger partial charge in [-0.05, 0) is 0 Å². The van der Waals surface area contributed by atoms with Crippen molar-refractivity contribution in [1.82, 2.24) is 9.97 Å². The molecule has 0 aromatic carbocycles. The topological polar surface area (TPSA) is 67.6 Å². The number of nitrogens with zero attached hydrogens (tertiary/aromatic N) is 3. The molecule has 0 aliphatic heterocycles. The molecule has 0 aliphatic carbocycles. The molecule has 0 fully saturated rings. The second-order valence-electron chi connectivity index (χ2n) is 2.32. The molecule has 0 radical (unpaired) electrons. The van der Waals surface area contributed by atoms with Crippen LogP contribution in [0, 0.1) is 0 Å². The van der Waals surface area contributed by atoms with Crippen LogP contribution in [-0.4, -0.2) is 34.5 Å². The van der Waals surface area contributed by atoms with Crippen LogP contribution in [0.25, 0.3) is 0 Å². The van der Waals surface area contributed by atoms with Crippen molar-refractivity contribution < 1.29 is 9.94 Å². The molecule has 1 aromatic rings. The van der Waals surface area contributed by atoms with Crippen molar-refractivity contribution in [2.24, 2.45) is 5.16 Å². The predicted molar refractivity (Wildman–Crippen MR) is 47.3 cm³/mol. The third-order valence-corrected chi connectivity index (χ3v) is 1.25. The first-order valence-corrected chi connectivity index (χ1v) is 3.94. The maximum Gasteiger partial charge on any atom is 0.119 e. The molecule has 1 N–H and O–H groups in total. The van der Waals surface area contributed by atoms with E-state index in [2.05, 4.69) is 15.1 Å². The van der Waals surface area contributed by atoms with E-state index >= 15 is 0 Å². The van der Waals surface area contributed by atoms with E-state index in [9.17, 15) is 0 Å². The van der Waals surface area contributed by atoms with Gasteiger partial charge in [-0.25, -0.2) is 9.97 Å². The molecule has 1 rings (SSSR count). The second-order valence-corrected chi connectivity index (χ2v) is 2.32. The predicted octanol–water partition coefficient (Wildman–Crippen LogP) is 0.210. The number of aliphatic hydroxyl groups is 1. The van der Waals surface area contributed by atoms with Gasteiger partial charge in [-0.2, -0.15) is 0 Å². The Hall–Kier alpha value is -1.49. The molecular formula is C8H11N3O2. The van der Waals surface area contributed by atoms with Gasteiger partial charge in [0, 0.05) is 31.0 Å². The van der Waals surface area contributed by atoms with Gasteiger partial charge in [0.1, 0.15) is 12.9 Å². The molecule has 0 atom stereocenters. The van der Waals surface area contributed by atoms with Crippen LogP contribution in [0.5, 0.6) is 0 Å². The fraction of sp³-hybridized carbons (Fsp3) is 0.375. The highest BCUT2D eigenvalue weighted by Crippen LogP contribution is 1.88. The van der Waals surface area contributed by atoms with Crippen LogP contribution in [0.4, 0.5) is 0 Å². The average Bonchev–Trinajstić information content (AvgIpc) is 2.19. The van der Waals surface area contributed by atoms with Crippen molar-refractivity contribution in [2.45, 2.75) is 6.42 Å². The van der Waals surface area contributed by atoms with Gasteiger partial charge in [-0.15, -0.1) is 0 Å². The minimum absolute atomic E-state index is 0.115. The highest BCUT2D eigenvalue weighted by Gasteiger charge is 1.86. The van der Waals surface area contributed by atoms with Crippen LogP contribution >= 0.6 is 0 Å². The Kier molecular flexibility index (Phi) is 4.48. The summed E-state index contributed by atoms with van der Waals surface area (Å²) in [5, 5.41) is 12.1. The lowest BCUT2D eigenvalue weighted by Gasteiger charge is -1.94. The van der Waals surface area contributed by atoms with E-state index < -0.39 is 0 Å². The Balaban J connectivity index is 2.25. The van der Waals surface area contributed by atoms with Gasteiger partial charge in [0.15, 0.2) is 0 Å². The van der Waals surface area contributed by atoms with Gasteiger partial charge in [0.05, 0.1) is 6.21 Å². The summed E-state index contributed by atoms with van der Waals surface area (Å²) in [4.78, 5) is 12.4. The van der Waals surface area contributed by atoms with E-state index in [1.807, 2.05) is 0 Å². The molecule has 70 valence electrons. The third-order valence-electron chi connectivity index (χ3n) is 1.25. The van der Waals surface area contributed by atoms with Crippen LogP contribution in [0.3, 0.4) is 0 Å². The third kappa shape index (κ3) is 4.17. The zero-order valence-electron chi connectivity index (χ0n) is 7.13. The molecular weight excluding hydrogens is 170 g/mol. The first-order chi connectivity index (χ1) is 6.43. The molecule has 5 nitrogen and oxygen atoms in total. The lowest BCUT2D eigenvalue weighted by atomic mass is 10.4. The monoisotopic (exact) mass is 181 g/mol. The summed E-state index contributed by atoms with van der Waals surface area (Å²) in [6.07, 6.45) is 6.82. The Morgan fingerprint density at radius 3 is 2.92 bits per heavy atom. The van der Waals surface area contributed by atoms with Crippen molar-refractivity contribution in [3.8, 4) is 0 Å². The highest BCUT2D eigenvalue weighted by molar-refractivity contribution is 5.77. The summed E-state index contributed by atoms with van der Waals surface area (Å²) in [6.45, 7) is 0.532. The summed E-state index contributed by atoms with van der Waals surface area (Å²) >= 11 is 0. The number of aliphatic hydroxyl groups excluding tert-OH is 1. The van der Waals surface area contributed by atoms with Gasteiger partial charge in [0.25, 0.3) is 0 Å². The standard InChI is InChI=1S/C8H11N3O2/c12-2-1-3-13-11-6-8-4-9-7-10-5-8/h4-7,12H,1-3H2. The van der Waals surface area contributed by atoms with E-state index in [0.717, 1.165) is 5.56 Å². The molecule has 13 heavy (non-hydrogen) atoms. The van der Waals surface area contributed by atoms with E-state index in [1.54, 1.807) is 12.4 Å². The average molecular weight is 181 g/mol. The lowest BCUT2D eigenvalue weighted by molar-refractivity contribution is 0.125. The van der Waals surface area contributed by atoms with Gasteiger partial charge < -0.3 is 9.94 Å². The molecule has 0 aliphatic rings. The van der Waals surface area contributed by atoms with Gasteiger partial charge in [0.2, 0.25) is 0 Å². The maximum absolute atomic E-state index is 8.43. The van der Waals surface area contributed by atoms with Crippen molar-refractivity contribution in [3.05, 3.63) is 24.3 Å². The maximum atomic E-state index is 8.43. The lowest BCUT2D eigenvalue weighted by Crippen LogP contribution is -1.92. The Bertz CT molecular complexity index is 251. The van der Waals surface area contributed by atoms with Gasteiger partial charge >= 0.3 is 0 Å². The first kappa shape index (κ1) is 9.60. The summed E-state index contributed by atoms with van der Waals surface area (Å²) in [6, 6.07) is 0. The molecule has 1 heterocycles. The van der Waals surface area contributed by atoms with Gasteiger partial charge in [-0.1, -0.05) is 5.16 Å². The minimum atomic E-state index is 0.115. The minimum Gasteiger partial charge on any atom is -0.396 e. The van der Waals surface area contributed by atoms with Crippen LogP contribution in [0.1, 0.15) is 12.0 Å². The largest absolute Gasteiger partial charge is 0.396 e. The summed E-state index contributed by atoms with van der Waals surface area (Å²) in [7, 11) is 0. The number of hydrogen-bond donors (Lipinski definition) is 1. The second kappa shape index (κ2) is 6.07. The molecule has 5 heteroatoms. The highest BCUT2D eigenvalue weighted by atomic mass is 16.6. The number of rotatable bonds is 5. The summed E-state index contributed by atoms with van der Waals surface area (Å²) in [5.74, 6) is 0. The van der Waals surface area contributed by atoms with Crippen molar-refractivity contribution in [3.63, 3.8) is 0 Å². The van der Waals surface area contributed by atoms with E-state index in [4.69, 9.17) is 9.94 Å². The van der Waals surface area contributed by atoms with Crippen LogP contribution in [0.2, 0.25) is 0 Å². The van der Waals surface area contributed by atoms with Crippen molar-refractivity contribution >= 4 is 6.21 Å². The summed E-state index contributed by atoms with van der Waals surface area (Å²) in [5.41, 5.74) is 0.784. The molecule has 0 unspecified atom stereocenters. The van der Waals surface area contributed by atoms with Crippen LogP contribution in [0.15, 0.2) is 23.9 Å².